The molecule has 0 bridgehead atoms. The Balaban J connectivity index is 1.78. The van der Waals surface area contributed by atoms with Gasteiger partial charge in [0.15, 0.2) is 0 Å². The van der Waals surface area contributed by atoms with E-state index in [1.165, 1.54) is 30.3 Å². The number of nitrogens with zero attached hydrogens (tertiary/aromatic N) is 2. The maximum absolute atomic E-state index is 14.5. The van der Waals surface area contributed by atoms with E-state index in [4.69, 9.17) is 0 Å². The third-order valence-electron chi connectivity index (χ3n) is 4.97. The van der Waals surface area contributed by atoms with Crippen LogP contribution in [-0.2, 0) is 6.18 Å². The standard InChI is InChI=1S/C24H18F4N2/c25-22-10-9-16(14-20(22)19-7-1-2-8-21(19)24(26,27)28)13-17-5-4-12-30-23(17)18-6-3-11-29-15-18/h1-3,6-11,13-15H,4-5,12H2/b17-13+. The van der Waals surface area contributed by atoms with E-state index in [1.807, 2.05) is 18.2 Å². The lowest BCUT2D eigenvalue weighted by molar-refractivity contribution is -0.137. The van der Waals surface area contributed by atoms with Gasteiger partial charge in [-0.3, -0.25) is 9.98 Å². The minimum Gasteiger partial charge on any atom is -0.284 e. The summed E-state index contributed by atoms with van der Waals surface area (Å²) in [6.45, 7) is 0.704. The maximum Gasteiger partial charge on any atom is 0.417 e. The monoisotopic (exact) mass is 410 g/mol. The first-order valence-corrected chi connectivity index (χ1v) is 9.55. The molecule has 0 aliphatic carbocycles. The predicted octanol–water partition coefficient (Wildman–Crippen LogP) is 6.57. The van der Waals surface area contributed by atoms with Crippen molar-refractivity contribution < 1.29 is 17.6 Å². The van der Waals surface area contributed by atoms with Gasteiger partial charge in [-0.25, -0.2) is 4.39 Å². The van der Waals surface area contributed by atoms with Crippen LogP contribution in [0.15, 0.2) is 77.6 Å². The molecule has 4 rings (SSSR count). The molecule has 30 heavy (non-hydrogen) atoms. The van der Waals surface area contributed by atoms with Crippen molar-refractivity contribution >= 4 is 11.8 Å². The summed E-state index contributed by atoms with van der Waals surface area (Å²) in [6.07, 6.45) is 2.36. The summed E-state index contributed by atoms with van der Waals surface area (Å²) in [5, 5.41) is 0. The van der Waals surface area contributed by atoms with E-state index in [1.54, 1.807) is 18.5 Å². The van der Waals surface area contributed by atoms with Gasteiger partial charge in [0.25, 0.3) is 0 Å². The highest BCUT2D eigenvalue weighted by Gasteiger charge is 2.33. The summed E-state index contributed by atoms with van der Waals surface area (Å²) < 4.78 is 54.8. The molecule has 2 aromatic carbocycles. The molecule has 3 aromatic rings. The highest BCUT2D eigenvalue weighted by atomic mass is 19.4. The van der Waals surface area contributed by atoms with Crippen molar-refractivity contribution in [1.82, 2.24) is 4.98 Å². The summed E-state index contributed by atoms with van der Waals surface area (Å²) in [4.78, 5) is 8.74. The van der Waals surface area contributed by atoms with E-state index in [2.05, 4.69) is 9.98 Å². The van der Waals surface area contributed by atoms with Crippen molar-refractivity contribution in [3.63, 3.8) is 0 Å². The Bertz CT molecular complexity index is 1120. The van der Waals surface area contributed by atoms with Crippen molar-refractivity contribution in [2.45, 2.75) is 19.0 Å². The molecule has 152 valence electrons. The zero-order valence-electron chi connectivity index (χ0n) is 16.0. The van der Waals surface area contributed by atoms with Crippen LogP contribution in [0.1, 0.15) is 29.5 Å². The number of hydrogen-bond acceptors (Lipinski definition) is 2. The van der Waals surface area contributed by atoms with Gasteiger partial charge >= 0.3 is 6.18 Å². The molecular formula is C24H18F4N2. The van der Waals surface area contributed by atoms with Gasteiger partial charge in [-0.2, -0.15) is 13.2 Å². The molecule has 0 saturated carbocycles. The van der Waals surface area contributed by atoms with E-state index in [9.17, 15) is 17.6 Å². The average molecular weight is 410 g/mol. The molecule has 0 unspecified atom stereocenters. The second-order valence-corrected chi connectivity index (χ2v) is 7.03. The summed E-state index contributed by atoms with van der Waals surface area (Å²) in [5.74, 6) is -0.696. The van der Waals surface area contributed by atoms with Crippen LogP contribution in [-0.4, -0.2) is 17.2 Å². The smallest absolute Gasteiger partial charge is 0.284 e. The molecule has 1 aliphatic heterocycles. The molecule has 0 N–H and O–H groups in total. The molecule has 6 heteroatoms. The molecule has 0 atom stereocenters. The van der Waals surface area contributed by atoms with Crippen molar-refractivity contribution in [3.05, 3.63) is 95.1 Å². The number of aromatic nitrogens is 1. The Hall–Kier alpha value is -3.28. The van der Waals surface area contributed by atoms with Gasteiger partial charge < -0.3 is 0 Å². The van der Waals surface area contributed by atoms with E-state index >= 15 is 0 Å². The SMILES string of the molecule is Fc1ccc(/C=C2\CCCN=C2c2cccnc2)cc1-c1ccccc1C(F)(F)F. The van der Waals surface area contributed by atoms with E-state index in [0.29, 0.717) is 12.1 Å². The van der Waals surface area contributed by atoms with Crippen molar-refractivity contribution in [2.75, 3.05) is 6.54 Å². The Kier molecular flexibility index (Phi) is 5.48. The lowest BCUT2D eigenvalue weighted by atomic mass is 9.93. The number of alkyl halides is 3. The van der Waals surface area contributed by atoms with E-state index in [0.717, 1.165) is 35.8 Å². The van der Waals surface area contributed by atoms with Gasteiger partial charge in [-0.15, -0.1) is 0 Å². The maximum atomic E-state index is 14.5. The normalized spacial score (nSPS) is 15.9. The van der Waals surface area contributed by atoms with Crippen LogP contribution in [0.4, 0.5) is 17.6 Å². The molecule has 0 amide bonds. The lowest BCUT2D eigenvalue weighted by Gasteiger charge is -2.17. The van der Waals surface area contributed by atoms with Gasteiger partial charge in [0.1, 0.15) is 5.82 Å². The number of aliphatic imine (C=N–C) groups is 1. The van der Waals surface area contributed by atoms with E-state index in [-0.39, 0.29) is 11.1 Å². The Morgan fingerprint density at radius 1 is 0.933 bits per heavy atom. The Morgan fingerprint density at radius 3 is 2.53 bits per heavy atom. The zero-order valence-corrected chi connectivity index (χ0v) is 16.0. The van der Waals surface area contributed by atoms with Crippen LogP contribution in [0, 0.1) is 5.82 Å². The largest absolute Gasteiger partial charge is 0.417 e. The summed E-state index contributed by atoms with van der Waals surface area (Å²) >= 11 is 0. The molecule has 0 saturated heterocycles. The fraction of sp³-hybridized carbons (Fsp3) is 0.167. The van der Waals surface area contributed by atoms with Crippen LogP contribution in [0.5, 0.6) is 0 Å². The van der Waals surface area contributed by atoms with Crippen molar-refractivity contribution in [1.29, 1.82) is 0 Å². The Labute approximate surface area is 171 Å². The van der Waals surface area contributed by atoms with Crippen LogP contribution in [0.25, 0.3) is 17.2 Å². The van der Waals surface area contributed by atoms with Crippen molar-refractivity contribution in [3.8, 4) is 11.1 Å². The lowest BCUT2D eigenvalue weighted by Crippen LogP contribution is -2.12. The summed E-state index contributed by atoms with van der Waals surface area (Å²) in [5.41, 5.74) is 2.17. The fourth-order valence-corrected chi connectivity index (χ4v) is 3.61. The van der Waals surface area contributed by atoms with E-state index < -0.39 is 17.6 Å². The van der Waals surface area contributed by atoms with Gasteiger partial charge in [-0.1, -0.05) is 24.3 Å². The zero-order chi connectivity index (χ0) is 21.1. The van der Waals surface area contributed by atoms with Crippen LogP contribution in [0.2, 0.25) is 0 Å². The minimum atomic E-state index is -4.57. The molecule has 1 aliphatic rings. The molecule has 0 fully saturated rings. The number of halogens is 4. The first-order valence-electron chi connectivity index (χ1n) is 9.55. The first-order chi connectivity index (χ1) is 14.4. The number of hydrogen-bond donors (Lipinski definition) is 0. The van der Waals surface area contributed by atoms with Gasteiger partial charge in [0, 0.05) is 30.1 Å². The molecular weight excluding hydrogens is 392 g/mol. The Morgan fingerprint density at radius 2 is 1.77 bits per heavy atom. The van der Waals surface area contributed by atoms with Crippen LogP contribution >= 0.6 is 0 Å². The summed E-state index contributed by atoms with van der Waals surface area (Å²) in [7, 11) is 0. The van der Waals surface area contributed by atoms with Gasteiger partial charge in [0.05, 0.1) is 11.3 Å². The molecule has 0 spiro atoms. The minimum absolute atomic E-state index is 0.0760. The third kappa shape index (κ3) is 4.17. The average Bonchev–Trinajstić information content (AvgIpc) is 2.75. The number of rotatable bonds is 3. The molecule has 2 heterocycles. The molecule has 0 radical (unpaired) electrons. The fourth-order valence-electron chi connectivity index (χ4n) is 3.61. The van der Waals surface area contributed by atoms with Crippen molar-refractivity contribution in [2.24, 2.45) is 4.99 Å². The van der Waals surface area contributed by atoms with Gasteiger partial charge in [-0.05, 0) is 65.9 Å². The number of benzene rings is 2. The second kappa shape index (κ2) is 8.22. The first kappa shape index (κ1) is 20.0. The quantitative estimate of drug-likeness (QED) is 0.448. The molecule has 1 aromatic heterocycles. The summed E-state index contributed by atoms with van der Waals surface area (Å²) in [6, 6.07) is 13.0. The third-order valence-corrected chi connectivity index (χ3v) is 4.97. The second-order valence-electron chi connectivity index (χ2n) is 7.03. The topological polar surface area (TPSA) is 25.2 Å². The number of pyridine rings is 1. The van der Waals surface area contributed by atoms with Crippen LogP contribution in [0.3, 0.4) is 0 Å². The van der Waals surface area contributed by atoms with Gasteiger partial charge in [0.2, 0.25) is 0 Å². The highest BCUT2D eigenvalue weighted by Crippen LogP contribution is 2.38. The highest BCUT2D eigenvalue weighted by molar-refractivity contribution is 6.15. The number of allylic oxidation sites excluding steroid dienone is 1. The molecule has 2 nitrogen and oxygen atoms in total. The predicted molar refractivity (Wildman–Crippen MR) is 110 cm³/mol. The van der Waals surface area contributed by atoms with Crippen LogP contribution < -0.4 is 0 Å².